The standard InChI is InChI=1S/C5H3ClF2N2/c6-3-4(9)2(7)1-10-5(3)8/h1H,(H2,9,10). The average molecular weight is 165 g/mol. The van der Waals surface area contributed by atoms with Crippen molar-refractivity contribution in [3.8, 4) is 0 Å². The highest BCUT2D eigenvalue weighted by molar-refractivity contribution is 6.33. The van der Waals surface area contributed by atoms with Crippen LogP contribution in [0.2, 0.25) is 5.02 Å². The molecule has 0 saturated heterocycles. The molecule has 2 N–H and O–H groups in total. The van der Waals surface area contributed by atoms with Crippen molar-refractivity contribution in [1.82, 2.24) is 4.98 Å². The summed E-state index contributed by atoms with van der Waals surface area (Å²) in [7, 11) is 0. The SMILES string of the molecule is Nc1c(F)cnc(F)c1Cl. The predicted molar refractivity (Wildman–Crippen MR) is 33.6 cm³/mol. The summed E-state index contributed by atoms with van der Waals surface area (Å²) in [5.41, 5.74) is 4.59. The summed E-state index contributed by atoms with van der Waals surface area (Å²) in [4.78, 5) is 2.99. The number of halogens is 3. The third kappa shape index (κ3) is 1.02. The van der Waals surface area contributed by atoms with E-state index >= 15 is 0 Å². The van der Waals surface area contributed by atoms with Gasteiger partial charge >= 0.3 is 0 Å². The molecule has 1 heterocycles. The smallest absolute Gasteiger partial charge is 0.233 e. The van der Waals surface area contributed by atoms with Crippen LogP contribution in [-0.4, -0.2) is 4.98 Å². The van der Waals surface area contributed by atoms with Crippen LogP contribution in [0.5, 0.6) is 0 Å². The molecule has 0 atom stereocenters. The van der Waals surface area contributed by atoms with Crippen LogP contribution in [0.15, 0.2) is 6.20 Å². The lowest BCUT2D eigenvalue weighted by molar-refractivity contribution is 0.563. The van der Waals surface area contributed by atoms with Crippen LogP contribution in [0, 0.1) is 11.8 Å². The van der Waals surface area contributed by atoms with Crippen molar-refractivity contribution in [1.29, 1.82) is 0 Å². The fourth-order valence-corrected chi connectivity index (χ4v) is 0.595. The second kappa shape index (κ2) is 2.38. The quantitative estimate of drug-likeness (QED) is 0.592. The third-order valence-electron chi connectivity index (χ3n) is 0.966. The summed E-state index contributed by atoms with van der Waals surface area (Å²) in [6, 6.07) is 0. The van der Waals surface area contributed by atoms with Gasteiger partial charge in [-0.25, -0.2) is 9.37 Å². The van der Waals surface area contributed by atoms with Crippen LogP contribution >= 0.6 is 11.6 Å². The maximum absolute atomic E-state index is 12.3. The van der Waals surface area contributed by atoms with Crippen molar-refractivity contribution in [3.63, 3.8) is 0 Å². The molecule has 0 amide bonds. The van der Waals surface area contributed by atoms with Crippen LogP contribution in [0.25, 0.3) is 0 Å². The van der Waals surface area contributed by atoms with E-state index in [9.17, 15) is 8.78 Å². The van der Waals surface area contributed by atoms with Gasteiger partial charge < -0.3 is 5.73 Å². The first-order valence-corrected chi connectivity index (χ1v) is 2.75. The second-order valence-electron chi connectivity index (χ2n) is 1.62. The van der Waals surface area contributed by atoms with Crippen molar-refractivity contribution >= 4 is 17.3 Å². The molecule has 1 rings (SSSR count). The maximum Gasteiger partial charge on any atom is 0.233 e. The molecule has 0 aliphatic carbocycles. The lowest BCUT2D eigenvalue weighted by Crippen LogP contribution is -1.96. The van der Waals surface area contributed by atoms with Gasteiger partial charge in [0.1, 0.15) is 5.02 Å². The highest BCUT2D eigenvalue weighted by Gasteiger charge is 2.08. The van der Waals surface area contributed by atoms with Crippen molar-refractivity contribution in [2.45, 2.75) is 0 Å². The normalized spacial score (nSPS) is 9.90. The summed E-state index contributed by atoms with van der Waals surface area (Å²) in [5.74, 6) is -1.77. The number of hydrogen-bond acceptors (Lipinski definition) is 2. The van der Waals surface area contributed by atoms with E-state index in [1.165, 1.54) is 0 Å². The number of nitrogen functional groups attached to an aromatic ring is 1. The van der Waals surface area contributed by atoms with E-state index in [1.807, 2.05) is 0 Å². The van der Waals surface area contributed by atoms with Gasteiger partial charge in [0.2, 0.25) is 5.95 Å². The van der Waals surface area contributed by atoms with Gasteiger partial charge in [-0.3, -0.25) is 0 Å². The van der Waals surface area contributed by atoms with Gasteiger partial charge in [-0.1, -0.05) is 11.6 Å². The Hall–Kier alpha value is -0.900. The van der Waals surface area contributed by atoms with E-state index in [4.69, 9.17) is 17.3 Å². The van der Waals surface area contributed by atoms with E-state index in [-0.39, 0.29) is 0 Å². The Morgan fingerprint density at radius 2 is 2.10 bits per heavy atom. The largest absolute Gasteiger partial charge is 0.395 e. The third-order valence-corrected chi connectivity index (χ3v) is 1.33. The number of rotatable bonds is 0. The molecule has 0 unspecified atom stereocenters. The number of nitrogens with two attached hydrogens (primary N) is 1. The zero-order chi connectivity index (χ0) is 7.72. The Kier molecular flexibility index (Phi) is 1.72. The topological polar surface area (TPSA) is 38.9 Å². The van der Waals surface area contributed by atoms with Gasteiger partial charge in [0, 0.05) is 0 Å². The fraction of sp³-hybridized carbons (Fsp3) is 0. The molecular weight excluding hydrogens is 162 g/mol. The van der Waals surface area contributed by atoms with Crippen LogP contribution in [0.4, 0.5) is 14.5 Å². The molecule has 0 radical (unpaired) electrons. The molecule has 10 heavy (non-hydrogen) atoms. The van der Waals surface area contributed by atoms with Gasteiger partial charge in [-0.15, -0.1) is 0 Å². The Morgan fingerprint density at radius 3 is 2.60 bits per heavy atom. The minimum atomic E-state index is -0.958. The monoisotopic (exact) mass is 164 g/mol. The molecule has 1 aromatic heterocycles. The molecule has 0 aliphatic rings. The average Bonchev–Trinajstić information content (AvgIpc) is 1.93. The summed E-state index contributed by atoms with van der Waals surface area (Å²) >= 11 is 5.18. The van der Waals surface area contributed by atoms with Gasteiger partial charge in [0.05, 0.1) is 11.9 Å². The van der Waals surface area contributed by atoms with E-state index in [1.54, 1.807) is 0 Å². The Morgan fingerprint density at radius 1 is 1.50 bits per heavy atom. The number of aromatic nitrogens is 1. The van der Waals surface area contributed by atoms with E-state index in [0.717, 1.165) is 0 Å². The molecule has 0 spiro atoms. The molecule has 0 aliphatic heterocycles. The van der Waals surface area contributed by atoms with Crippen LogP contribution < -0.4 is 5.73 Å². The highest BCUT2D eigenvalue weighted by Crippen LogP contribution is 2.22. The van der Waals surface area contributed by atoms with E-state index < -0.39 is 22.5 Å². The summed E-state index contributed by atoms with van der Waals surface area (Å²) < 4.78 is 24.6. The molecular formula is C5H3ClF2N2. The molecule has 0 fully saturated rings. The molecule has 54 valence electrons. The van der Waals surface area contributed by atoms with Gasteiger partial charge in [0.25, 0.3) is 0 Å². The summed E-state index contributed by atoms with van der Waals surface area (Å²) in [6.45, 7) is 0. The highest BCUT2D eigenvalue weighted by atomic mass is 35.5. The van der Waals surface area contributed by atoms with Crippen LogP contribution in [-0.2, 0) is 0 Å². The Labute approximate surface area is 60.6 Å². The number of nitrogens with zero attached hydrogens (tertiary/aromatic N) is 1. The molecule has 0 saturated carbocycles. The molecule has 1 aromatic rings. The van der Waals surface area contributed by atoms with Gasteiger partial charge in [0.15, 0.2) is 5.82 Å². The Bertz CT molecular complexity index is 237. The van der Waals surface area contributed by atoms with E-state index in [0.29, 0.717) is 6.20 Å². The molecule has 2 nitrogen and oxygen atoms in total. The first-order chi connectivity index (χ1) is 4.63. The molecule has 0 bridgehead atoms. The zero-order valence-corrected chi connectivity index (χ0v) is 5.49. The maximum atomic E-state index is 12.3. The van der Waals surface area contributed by atoms with Gasteiger partial charge in [-0.2, -0.15) is 4.39 Å². The summed E-state index contributed by atoms with van der Waals surface area (Å²) in [5, 5.41) is -0.472. The Balaban J connectivity index is 3.34. The van der Waals surface area contributed by atoms with E-state index in [2.05, 4.69) is 4.98 Å². The number of pyridine rings is 1. The van der Waals surface area contributed by atoms with Gasteiger partial charge in [-0.05, 0) is 0 Å². The fourth-order valence-electron chi connectivity index (χ4n) is 0.456. The second-order valence-corrected chi connectivity index (χ2v) is 2.00. The van der Waals surface area contributed by atoms with Crippen LogP contribution in [0.1, 0.15) is 0 Å². The minimum absolute atomic E-state index is 0.408. The zero-order valence-electron chi connectivity index (χ0n) is 4.74. The summed E-state index contributed by atoms with van der Waals surface area (Å²) in [6.07, 6.45) is 0.677. The number of anilines is 1. The predicted octanol–water partition coefficient (Wildman–Crippen LogP) is 1.60. The lowest BCUT2D eigenvalue weighted by atomic mass is 10.4. The van der Waals surface area contributed by atoms with Crippen molar-refractivity contribution < 1.29 is 8.78 Å². The van der Waals surface area contributed by atoms with Crippen molar-refractivity contribution in [2.24, 2.45) is 0 Å². The van der Waals surface area contributed by atoms with Crippen molar-refractivity contribution in [2.75, 3.05) is 5.73 Å². The van der Waals surface area contributed by atoms with Crippen LogP contribution in [0.3, 0.4) is 0 Å². The molecule has 0 aromatic carbocycles. The lowest BCUT2D eigenvalue weighted by Gasteiger charge is -1.97. The van der Waals surface area contributed by atoms with Crippen molar-refractivity contribution in [3.05, 3.63) is 23.0 Å². The molecule has 5 heteroatoms. The first-order valence-electron chi connectivity index (χ1n) is 2.38. The first kappa shape index (κ1) is 7.21. The minimum Gasteiger partial charge on any atom is -0.395 e. The number of hydrogen-bond donors (Lipinski definition) is 1.